The minimum absolute atomic E-state index is 0.157. The average Bonchev–Trinajstić information content (AvgIpc) is 2.75. The van der Waals surface area contributed by atoms with E-state index in [2.05, 4.69) is 58.1 Å². The number of nitrogens with zero attached hydrogens (tertiary/aromatic N) is 1. The number of methoxy groups -OCH3 is 1. The highest BCUT2D eigenvalue weighted by atomic mass is 28.4. The Balaban J connectivity index is 2.35. The number of carbonyl (C=O) groups is 1. The first-order chi connectivity index (χ1) is 15.0. The molecule has 0 N–H and O–H groups in total. The topological polar surface area (TPSA) is 78.7 Å². The molecule has 0 aliphatic heterocycles. The Morgan fingerprint density at radius 3 is 1.97 bits per heavy atom. The first kappa shape index (κ1) is 25.2. The summed E-state index contributed by atoms with van der Waals surface area (Å²) in [5.41, 5.74) is 2.29. The number of carbonyl (C=O) groups excluding carboxylic acids is 1. The Hall–Kier alpha value is -3.11. The lowest BCUT2D eigenvalue weighted by Crippen LogP contribution is -2.50. The van der Waals surface area contributed by atoms with Crippen molar-refractivity contribution in [2.75, 3.05) is 7.11 Å². The second-order valence-electron chi connectivity index (χ2n) is 8.67. The van der Waals surface area contributed by atoms with E-state index in [4.69, 9.17) is 4.43 Å². The molecule has 0 spiro atoms. The fourth-order valence-corrected chi connectivity index (χ4v) is 9.60. The van der Waals surface area contributed by atoms with E-state index in [1.54, 1.807) is 0 Å². The number of esters is 1. The predicted molar refractivity (Wildman–Crippen MR) is 129 cm³/mol. The number of rotatable bonds is 7. The molecule has 0 heterocycles. The molecule has 32 heavy (non-hydrogen) atoms. The standard InChI is InChI=1S/C25H31NO5Si/c1-17(2)32(18(3)4,19(5)6)31-23-13-9-20(10-14-23)8-11-21-16-22(25(27)30-7)12-15-24(21)26(28)29/h9-10,12-19H,1-7H3. The molecule has 2 rings (SSSR count). The minimum atomic E-state index is -2.05. The summed E-state index contributed by atoms with van der Waals surface area (Å²) in [5, 5.41) is 11.3. The molecule has 2 aromatic rings. The Labute approximate surface area is 191 Å². The first-order valence-corrected chi connectivity index (χ1v) is 12.8. The van der Waals surface area contributed by atoms with Crippen LogP contribution in [0.15, 0.2) is 42.5 Å². The van der Waals surface area contributed by atoms with Crippen LogP contribution in [0.5, 0.6) is 5.75 Å². The molecular formula is C25H31NO5Si. The van der Waals surface area contributed by atoms with Gasteiger partial charge in [0.1, 0.15) is 11.3 Å². The average molecular weight is 454 g/mol. The van der Waals surface area contributed by atoms with Gasteiger partial charge in [-0.25, -0.2) is 4.79 Å². The molecule has 0 fully saturated rings. The smallest absolute Gasteiger partial charge is 0.337 e. The Bertz CT molecular complexity index is 1010. The lowest BCUT2D eigenvalue weighted by Gasteiger charge is -2.42. The molecule has 7 heteroatoms. The minimum Gasteiger partial charge on any atom is -0.543 e. The zero-order chi connectivity index (χ0) is 24.1. The van der Waals surface area contributed by atoms with Crippen LogP contribution in [0.4, 0.5) is 5.69 Å². The molecule has 0 radical (unpaired) electrons. The van der Waals surface area contributed by atoms with Crippen molar-refractivity contribution in [2.24, 2.45) is 0 Å². The third kappa shape index (κ3) is 5.38. The van der Waals surface area contributed by atoms with Gasteiger partial charge in [0.2, 0.25) is 0 Å². The predicted octanol–water partition coefficient (Wildman–Crippen LogP) is 6.34. The Morgan fingerprint density at radius 1 is 0.938 bits per heavy atom. The second kappa shape index (κ2) is 10.5. The van der Waals surface area contributed by atoms with Crippen LogP contribution in [0.1, 0.15) is 63.0 Å². The fraction of sp³-hybridized carbons (Fsp3) is 0.400. The van der Waals surface area contributed by atoms with Crippen molar-refractivity contribution in [3.63, 3.8) is 0 Å². The molecule has 6 nitrogen and oxygen atoms in total. The van der Waals surface area contributed by atoms with Crippen molar-refractivity contribution in [3.05, 3.63) is 69.3 Å². The van der Waals surface area contributed by atoms with E-state index in [1.165, 1.54) is 25.3 Å². The van der Waals surface area contributed by atoms with Gasteiger partial charge in [-0.2, -0.15) is 0 Å². The van der Waals surface area contributed by atoms with E-state index in [1.807, 2.05) is 24.3 Å². The van der Waals surface area contributed by atoms with Crippen LogP contribution < -0.4 is 4.43 Å². The zero-order valence-corrected chi connectivity index (χ0v) is 20.8. The van der Waals surface area contributed by atoms with Crippen LogP contribution in [-0.2, 0) is 4.74 Å². The van der Waals surface area contributed by atoms with Crippen molar-refractivity contribution >= 4 is 20.0 Å². The molecule has 0 atom stereocenters. The molecule has 0 aliphatic carbocycles. The number of hydrogen-bond donors (Lipinski definition) is 0. The Kier molecular flexibility index (Phi) is 8.23. The largest absolute Gasteiger partial charge is 0.543 e. The number of nitro benzene ring substituents is 1. The van der Waals surface area contributed by atoms with Gasteiger partial charge in [0, 0.05) is 11.6 Å². The highest BCUT2D eigenvalue weighted by Crippen LogP contribution is 2.42. The van der Waals surface area contributed by atoms with Gasteiger partial charge in [0.05, 0.1) is 17.6 Å². The summed E-state index contributed by atoms with van der Waals surface area (Å²) in [4.78, 5) is 22.6. The molecular weight excluding hydrogens is 422 g/mol. The summed E-state index contributed by atoms with van der Waals surface area (Å²) >= 11 is 0. The maximum atomic E-state index is 11.8. The molecule has 0 aromatic heterocycles. The van der Waals surface area contributed by atoms with Gasteiger partial charge in [0.25, 0.3) is 14.0 Å². The number of ether oxygens (including phenoxy) is 1. The number of hydrogen-bond acceptors (Lipinski definition) is 5. The lowest BCUT2D eigenvalue weighted by molar-refractivity contribution is -0.385. The third-order valence-electron chi connectivity index (χ3n) is 5.81. The van der Waals surface area contributed by atoms with E-state index in [0.29, 0.717) is 22.2 Å². The quantitative estimate of drug-likeness (QED) is 0.161. The van der Waals surface area contributed by atoms with E-state index in [9.17, 15) is 14.9 Å². The summed E-state index contributed by atoms with van der Waals surface area (Å²) < 4.78 is 11.3. The van der Waals surface area contributed by atoms with Crippen LogP contribution in [0, 0.1) is 22.0 Å². The molecule has 0 aliphatic rings. The third-order valence-corrected chi connectivity index (χ3v) is 11.8. The van der Waals surface area contributed by atoms with Crippen molar-refractivity contribution in [1.82, 2.24) is 0 Å². The van der Waals surface area contributed by atoms with E-state index >= 15 is 0 Å². The van der Waals surface area contributed by atoms with Gasteiger partial charge in [-0.15, -0.1) is 0 Å². The Morgan fingerprint density at radius 2 is 1.50 bits per heavy atom. The van der Waals surface area contributed by atoms with Gasteiger partial charge < -0.3 is 9.16 Å². The SMILES string of the molecule is COC(=O)c1ccc([N+](=O)[O-])c(C#Cc2ccc(O[Si](C(C)C)(C(C)C)C(C)C)cc2)c1. The fourth-order valence-electron chi connectivity index (χ4n) is 4.34. The maximum absolute atomic E-state index is 11.8. The zero-order valence-electron chi connectivity index (χ0n) is 19.8. The van der Waals surface area contributed by atoms with Crippen LogP contribution in [-0.4, -0.2) is 26.3 Å². The van der Waals surface area contributed by atoms with Crippen molar-refractivity contribution in [2.45, 2.75) is 58.2 Å². The van der Waals surface area contributed by atoms with Gasteiger partial charge in [-0.05, 0) is 53.0 Å². The van der Waals surface area contributed by atoms with Crippen LogP contribution >= 0.6 is 0 Å². The molecule has 0 saturated heterocycles. The van der Waals surface area contributed by atoms with Gasteiger partial charge in [-0.3, -0.25) is 10.1 Å². The van der Waals surface area contributed by atoms with Gasteiger partial charge in [-0.1, -0.05) is 53.4 Å². The molecule has 0 amide bonds. The molecule has 170 valence electrons. The second-order valence-corrected chi connectivity index (χ2v) is 14.1. The summed E-state index contributed by atoms with van der Waals surface area (Å²) in [6.07, 6.45) is 0. The summed E-state index contributed by atoms with van der Waals surface area (Å²) in [6, 6.07) is 11.5. The molecule has 2 aromatic carbocycles. The van der Waals surface area contributed by atoms with Crippen LogP contribution in [0.25, 0.3) is 0 Å². The van der Waals surface area contributed by atoms with E-state index < -0.39 is 19.2 Å². The van der Waals surface area contributed by atoms with E-state index in [-0.39, 0.29) is 16.8 Å². The number of benzene rings is 2. The van der Waals surface area contributed by atoms with E-state index in [0.717, 1.165) is 5.75 Å². The van der Waals surface area contributed by atoms with Gasteiger partial charge >= 0.3 is 5.97 Å². The summed E-state index contributed by atoms with van der Waals surface area (Å²) in [7, 11) is -0.795. The lowest BCUT2D eigenvalue weighted by atomic mass is 10.1. The van der Waals surface area contributed by atoms with Crippen molar-refractivity contribution in [3.8, 4) is 17.6 Å². The molecule has 0 saturated carbocycles. The van der Waals surface area contributed by atoms with Crippen LogP contribution in [0.2, 0.25) is 16.6 Å². The highest BCUT2D eigenvalue weighted by molar-refractivity contribution is 6.78. The monoisotopic (exact) mass is 453 g/mol. The van der Waals surface area contributed by atoms with Crippen molar-refractivity contribution < 1.29 is 18.9 Å². The maximum Gasteiger partial charge on any atom is 0.337 e. The molecule has 0 unspecified atom stereocenters. The van der Waals surface area contributed by atoms with Crippen LogP contribution in [0.3, 0.4) is 0 Å². The normalized spacial score (nSPS) is 11.3. The summed E-state index contributed by atoms with van der Waals surface area (Å²) in [5.74, 6) is 6.01. The number of nitro groups is 1. The van der Waals surface area contributed by atoms with Gasteiger partial charge in [0.15, 0.2) is 0 Å². The molecule has 0 bridgehead atoms. The van der Waals surface area contributed by atoms with Crippen molar-refractivity contribution in [1.29, 1.82) is 0 Å². The summed E-state index contributed by atoms with van der Waals surface area (Å²) in [6.45, 7) is 13.4. The first-order valence-electron chi connectivity index (χ1n) is 10.7. The highest BCUT2D eigenvalue weighted by Gasteiger charge is 2.46.